The lowest BCUT2D eigenvalue weighted by atomic mass is 9.70. The molecule has 1 heterocycles. The summed E-state index contributed by atoms with van der Waals surface area (Å²) in [7, 11) is 0. The van der Waals surface area contributed by atoms with E-state index in [1.165, 1.54) is 111 Å². The van der Waals surface area contributed by atoms with E-state index in [9.17, 15) is 0 Å². The number of benzene rings is 11. The van der Waals surface area contributed by atoms with E-state index in [0.717, 1.165) is 22.7 Å². The lowest BCUT2D eigenvalue weighted by molar-refractivity contribution is 0.660. The van der Waals surface area contributed by atoms with Crippen molar-refractivity contribution >= 4 is 38.9 Å². The standard InChI is InChI=1S/C70H48N2/c1-69(2)57-28-11-8-23-54(57)66-50(26-16-32-61(66)69)45-37-41-48(42-38-45)71(49-43-39-46(40-44-49)51-27-17-35-64-67(51)56-25-10-15-34-63(56)72(64)47-19-4-3-5-20-47)65-36-18-33-62-68(65)55-24-9-14-31-60(55)70(62)58-29-12-6-21-52(58)53-22-7-13-30-59(53)70/h3-44H,1-2H3. The highest BCUT2D eigenvalue weighted by molar-refractivity contribution is 6.16. The summed E-state index contributed by atoms with van der Waals surface area (Å²) in [5.41, 5.74) is 27.2. The fraction of sp³-hybridized carbons (Fsp3) is 0.0571. The van der Waals surface area contributed by atoms with E-state index in [0.29, 0.717) is 0 Å². The third-order valence-corrected chi connectivity index (χ3v) is 16.4. The largest absolute Gasteiger partial charge is 0.310 e. The van der Waals surface area contributed by atoms with Gasteiger partial charge in [0.1, 0.15) is 0 Å². The summed E-state index contributed by atoms with van der Waals surface area (Å²) in [5, 5.41) is 2.51. The molecule has 0 unspecified atom stereocenters. The molecule has 2 nitrogen and oxygen atoms in total. The average Bonchev–Trinajstić information content (AvgIpc) is 4.12. The van der Waals surface area contributed by atoms with Crippen LogP contribution in [0.3, 0.4) is 0 Å². The lowest BCUT2D eigenvalue weighted by Gasteiger charge is -2.32. The van der Waals surface area contributed by atoms with Crippen LogP contribution in [0.15, 0.2) is 255 Å². The number of fused-ring (bicyclic) bond motifs is 16. The molecule has 0 saturated heterocycles. The number of hydrogen-bond donors (Lipinski definition) is 0. The third kappa shape index (κ3) is 5.49. The molecule has 338 valence electrons. The SMILES string of the molecule is CC1(C)c2ccccc2-c2c(-c3ccc(N(c4ccc(-c5cccc6c5c5ccccc5n6-c5ccccc5)cc4)c4cccc5c4-c4ccccc4C54c5ccccc5-c5ccccc54)cc3)cccc21. The average molecular weight is 917 g/mol. The van der Waals surface area contributed by atoms with Crippen molar-refractivity contribution in [1.29, 1.82) is 0 Å². The second kappa shape index (κ2) is 15.3. The minimum Gasteiger partial charge on any atom is -0.310 e. The first kappa shape index (κ1) is 40.9. The first-order valence-electron chi connectivity index (χ1n) is 25.3. The van der Waals surface area contributed by atoms with Crippen molar-refractivity contribution in [1.82, 2.24) is 4.57 Å². The Kier molecular flexibility index (Phi) is 8.66. The van der Waals surface area contributed by atoms with Gasteiger partial charge < -0.3 is 9.47 Å². The minimum atomic E-state index is -0.454. The van der Waals surface area contributed by atoms with Crippen LogP contribution in [0.1, 0.15) is 47.2 Å². The van der Waals surface area contributed by atoms with Gasteiger partial charge in [0, 0.05) is 38.8 Å². The molecule has 15 rings (SSSR count). The summed E-state index contributed by atoms with van der Waals surface area (Å²) >= 11 is 0. The summed E-state index contributed by atoms with van der Waals surface area (Å²) in [4.78, 5) is 2.50. The predicted octanol–water partition coefficient (Wildman–Crippen LogP) is 18.2. The van der Waals surface area contributed by atoms with Crippen LogP contribution in [0.4, 0.5) is 17.1 Å². The van der Waals surface area contributed by atoms with Crippen molar-refractivity contribution in [3.8, 4) is 61.3 Å². The zero-order valence-electron chi connectivity index (χ0n) is 40.1. The molecular formula is C70H48N2. The first-order chi connectivity index (χ1) is 35.5. The zero-order chi connectivity index (χ0) is 47.7. The predicted molar refractivity (Wildman–Crippen MR) is 300 cm³/mol. The van der Waals surface area contributed by atoms with E-state index in [4.69, 9.17) is 0 Å². The first-order valence-corrected chi connectivity index (χ1v) is 25.3. The second-order valence-corrected chi connectivity index (χ2v) is 20.3. The summed E-state index contributed by atoms with van der Waals surface area (Å²) in [6.45, 7) is 4.72. The molecule has 0 saturated carbocycles. The van der Waals surface area contributed by atoms with Crippen molar-refractivity contribution < 1.29 is 0 Å². The molecule has 3 aliphatic rings. The molecule has 0 N–H and O–H groups in total. The molecule has 1 spiro atoms. The van der Waals surface area contributed by atoms with Crippen LogP contribution in [0.2, 0.25) is 0 Å². The van der Waals surface area contributed by atoms with Crippen molar-refractivity contribution in [2.45, 2.75) is 24.7 Å². The molecular weight excluding hydrogens is 869 g/mol. The number of para-hydroxylation sites is 2. The molecule has 1 aromatic heterocycles. The fourth-order valence-electron chi connectivity index (χ4n) is 13.4. The van der Waals surface area contributed by atoms with Gasteiger partial charge in [0.15, 0.2) is 0 Å². The van der Waals surface area contributed by atoms with Crippen molar-refractivity contribution in [3.05, 3.63) is 288 Å². The van der Waals surface area contributed by atoms with Gasteiger partial charge in [0.05, 0.1) is 22.1 Å². The van der Waals surface area contributed by atoms with Crippen LogP contribution in [0.5, 0.6) is 0 Å². The Bertz CT molecular complexity index is 4130. The number of rotatable bonds is 6. The van der Waals surface area contributed by atoms with Crippen LogP contribution in [0.25, 0.3) is 83.1 Å². The van der Waals surface area contributed by atoms with Crippen molar-refractivity contribution in [3.63, 3.8) is 0 Å². The molecule has 72 heavy (non-hydrogen) atoms. The Morgan fingerprint density at radius 1 is 0.319 bits per heavy atom. The molecule has 11 aromatic carbocycles. The maximum absolute atomic E-state index is 2.50. The van der Waals surface area contributed by atoms with Gasteiger partial charge in [-0.25, -0.2) is 0 Å². The van der Waals surface area contributed by atoms with Crippen LogP contribution in [-0.2, 0) is 10.8 Å². The Morgan fingerprint density at radius 2 is 0.778 bits per heavy atom. The highest BCUT2D eigenvalue weighted by atomic mass is 15.1. The number of aromatic nitrogens is 1. The minimum absolute atomic E-state index is 0.0724. The fourth-order valence-corrected chi connectivity index (χ4v) is 13.4. The summed E-state index contributed by atoms with van der Waals surface area (Å²) in [6.07, 6.45) is 0. The summed E-state index contributed by atoms with van der Waals surface area (Å²) in [5.74, 6) is 0. The highest BCUT2D eigenvalue weighted by Gasteiger charge is 2.52. The monoisotopic (exact) mass is 916 g/mol. The zero-order valence-corrected chi connectivity index (χ0v) is 40.1. The third-order valence-electron chi connectivity index (χ3n) is 16.4. The van der Waals surface area contributed by atoms with Crippen LogP contribution < -0.4 is 4.90 Å². The van der Waals surface area contributed by atoms with Crippen molar-refractivity contribution in [2.24, 2.45) is 0 Å². The number of nitrogens with zero attached hydrogens (tertiary/aromatic N) is 2. The van der Waals surface area contributed by atoms with E-state index in [1.54, 1.807) is 0 Å². The van der Waals surface area contributed by atoms with Gasteiger partial charge in [-0.05, 0) is 138 Å². The van der Waals surface area contributed by atoms with E-state index >= 15 is 0 Å². The molecule has 0 fully saturated rings. The quantitative estimate of drug-likeness (QED) is 0.161. The van der Waals surface area contributed by atoms with E-state index < -0.39 is 5.41 Å². The maximum Gasteiger partial charge on any atom is 0.0726 e. The van der Waals surface area contributed by atoms with E-state index in [-0.39, 0.29) is 5.41 Å². The molecule has 0 radical (unpaired) electrons. The Labute approximate surface area is 420 Å². The van der Waals surface area contributed by atoms with Gasteiger partial charge in [-0.3, -0.25) is 0 Å². The molecule has 3 aliphatic carbocycles. The molecule has 12 aromatic rings. The number of anilines is 3. The van der Waals surface area contributed by atoms with Crippen molar-refractivity contribution in [2.75, 3.05) is 4.90 Å². The maximum atomic E-state index is 2.50. The summed E-state index contributed by atoms with van der Waals surface area (Å²) < 4.78 is 2.40. The normalized spacial score (nSPS) is 13.9. The van der Waals surface area contributed by atoms with Gasteiger partial charge in [-0.2, -0.15) is 0 Å². The smallest absolute Gasteiger partial charge is 0.0726 e. The molecule has 0 bridgehead atoms. The Morgan fingerprint density at radius 3 is 1.46 bits per heavy atom. The lowest BCUT2D eigenvalue weighted by Crippen LogP contribution is -2.26. The molecule has 0 amide bonds. The Hall–Kier alpha value is -8.98. The van der Waals surface area contributed by atoms with Gasteiger partial charge in [-0.1, -0.05) is 214 Å². The van der Waals surface area contributed by atoms with E-state index in [1.807, 2.05) is 0 Å². The van der Waals surface area contributed by atoms with Gasteiger partial charge in [0.25, 0.3) is 0 Å². The van der Waals surface area contributed by atoms with Gasteiger partial charge in [-0.15, -0.1) is 0 Å². The molecule has 0 aliphatic heterocycles. The van der Waals surface area contributed by atoms with Gasteiger partial charge in [0.2, 0.25) is 0 Å². The molecule has 0 atom stereocenters. The molecule has 2 heteroatoms. The van der Waals surface area contributed by atoms with Crippen LogP contribution in [0, 0.1) is 0 Å². The highest BCUT2D eigenvalue weighted by Crippen LogP contribution is 2.65. The van der Waals surface area contributed by atoms with Gasteiger partial charge >= 0.3 is 0 Å². The second-order valence-electron chi connectivity index (χ2n) is 20.3. The summed E-state index contributed by atoms with van der Waals surface area (Å²) in [6, 6.07) is 95.1. The van der Waals surface area contributed by atoms with E-state index in [2.05, 4.69) is 278 Å². The topological polar surface area (TPSA) is 8.17 Å². The number of hydrogen-bond acceptors (Lipinski definition) is 1. The van der Waals surface area contributed by atoms with Crippen LogP contribution in [-0.4, -0.2) is 4.57 Å². The van der Waals surface area contributed by atoms with Crippen LogP contribution >= 0.6 is 0 Å². The Balaban J connectivity index is 0.933.